The van der Waals surface area contributed by atoms with Crippen LogP contribution in [0, 0.1) is 0 Å². The lowest BCUT2D eigenvalue weighted by Crippen LogP contribution is -2.36. The van der Waals surface area contributed by atoms with Gasteiger partial charge in [-0.2, -0.15) is 0 Å². The standard InChI is InChI=1S/C16H24N2O3.ClH/c1-21-15-7-6-13(11-14(15)19)12-17-8-10-18-9-4-2-3-5-16(18)20;/h6-7,11,17,19H,2-5,8-10,12H2,1H3;1H. The Labute approximate surface area is 138 Å². The van der Waals surface area contributed by atoms with E-state index in [0.717, 1.165) is 44.5 Å². The van der Waals surface area contributed by atoms with Crippen LogP contribution in [-0.2, 0) is 11.3 Å². The lowest BCUT2D eigenvalue weighted by atomic mass is 10.2. The van der Waals surface area contributed by atoms with Crippen LogP contribution in [-0.4, -0.2) is 42.7 Å². The molecule has 6 heteroatoms. The second-order valence-electron chi connectivity index (χ2n) is 5.37. The normalized spacial score (nSPS) is 15.1. The van der Waals surface area contributed by atoms with Gasteiger partial charge in [0.05, 0.1) is 7.11 Å². The monoisotopic (exact) mass is 328 g/mol. The molecule has 5 nitrogen and oxygen atoms in total. The minimum atomic E-state index is 0. The summed E-state index contributed by atoms with van der Waals surface area (Å²) in [5.41, 5.74) is 0.996. The molecule has 0 unspecified atom stereocenters. The van der Waals surface area contributed by atoms with Gasteiger partial charge in [0.1, 0.15) is 0 Å². The molecule has 0 aliphatic carbocycles. The number of hydrogen-bond donors (Lipinski definition) is 2. The number of aromatic hydroxyl groups is 1. The number of rotatable bonds is 6. The molecule has 1 aliphatic rings. The molecule has 0 saturated carbocycles. The molecule has 22 heavy (non-hydrogen) atoms. The third-order valence-electron chi connectivity index (χ3n) is 3.80. The van der Waals surface area contributed by atoms with E-state index < -0.39 is 0 Å². The number of likely N-dealkylation sites (tertiary alicyclic amines) is 1. The summed E-state index contributed by atoms with van der Waals surface area (Å²) in [6, 6.07) is 5.37. The number of carbonyl (C=O) groups excluding carboxylic acids is 1. The Morgan fingerprint density at radius 3 is 2.86 bits per heavy atom. The Bertz CT molecular complexity index is 482. The van der Waals surface area contributed by atoms with Gasteiger partial charge in [0.2, 0.25) is 5.91 Å². The highest BCUT2D eigenvalue weighted by Crippen LogP contribution is 2.25. The first kappa shape index (κ1) is 18.6. The molecular formula is C16H25ClN2O3. The number of phenolic OH excluding ortho intramolecular Hbond substituents is 1. The van der Waals surface area contributed by atoms with E-state index in [4.69, 9.17) is 4.74 Å². The topological polar surface area (TPSA) is 61.8 Å². The van der Waals surface area contributed by atoms with Gasteiger partial charge in [-0.05, 0) is 30.5 Å². The zero-order valence-electron chi connectivity index (χ0n) is 13.0. The zero-order valence-corrected chi connectivity index (χ0v) is 13.8. The zero-order chi connectivity index (χ0) is 15.1. The van der Waals surface area contributed by atoms with Gasteiger partial charge in [0, 0.05) is 32.6 Å². The van der Waals surface area contributed by atoms with Gasteiger partial charge < -0.3 is 20.1 Å². The smallest absolute Gasteiger partial charge is 0.222 e. The molecule has 1 heterocycles. The maximum Gasteiger partial charge on any atom is 0.222 e. The lowest BCUT2D eigenvalue weighted by Gasteiger charge is -2.20. The second kappa shape index (κ2) is 9.54. The molecule has 0 atom stereocenters. The summed E-state index contributed by atoms with van der Waals surface area (Å²) in [6.45, 7) is 3.06. The van der Waals surface area contributed by atoms with Crippen LogP contribution in [0.3, 0.4) is 0 Å². The van der Waals surface area contributed by atoms with Gasteiger partial charge in [0.25, 0.3) is 0 Å². The van der Waals surface area contributed by atoms with Crippen molar-refractivity contribution in [2.45, 2.75) is 32.2 Å². The number of methoxy groups -OCH3 is 1. The fourth-order valence-corrected chi connectivity index (χ4v) is 2.57. The number of amides is 1. The highest BCUT2D eigenvalue weighted by atomic mass is 35.5. The molecule has 1 saturated heterocycles. The van der Waals surface area contributed by atoms with Gasteiger partial charge >= 0.3 is 0 Å². The maximum atomic E-state index is 11.8. The molecule has 1 amide bonds. The lowest BCUT2D eigenvalue weighted by molar-refractivity contribution is -0.130. The molecule has 1 aromatic rings. The summed E-state index contributed by atoms with van der Waals surface area (Å²) in [7, 11) is 1.53. The molecule has 2 rings (SSSR count). The molecule has 0 spiro atoms. The quantitative estimate of drug-likeness (QED) is 0.787. The minimum absolute atomic E-state index is 0. The number of nitrogens with zero attached hydrogens (tertiary/aromatic N) is 1. The average molecular weight is 329 g/mol. The molecule has 1 fully saturated rings. The Hall–Kier alpha value is -1.46. The van der Waals surface area contributed by atoms with E-state index in [1.165, 1.54) is 7.11 Å². The Kier molecular flexibility index (Phi) is 8.06. The van der Waals surface area contributed by atoms with Crippen molar-refractivity contribution >= 4 is 18.3 Å². The van der Waals surface area contributed by atoms with Crippen LogP contribution in [0.15, 0.2) is 18.2 Å². The molecule has 1 aliphatic heterocycles. The van der Waals surface area contributed by atoms with E-state index in [0.29, 0.717) is 18.7 Å². The van der Waals surface area contributed by atoms with Gasteiger partial charge in [-0.1, -0.05) is 12.5 Å². The molecule has 2 N–H and O–H groups in total. The largest absolute Gasteiger partial charge is 0.504 e. The molecular weight excluding hydrogens is 304 g/mol. The molecule has 0 radical (unpaired) electrons. The third-order valence-corrected chi connectivity index (χ3v) is 3.80. The van der Waals surface area contributed by atoms with Gasteiger partial charge in [-0.25, -0.2) is 0 Å². The SMILES string of the molecule is COc1ccc(CNCCN2CCCCCC2=O)cc1O.Cl. The molecule has 124 valence electrons. The van der Waals surface area contributed by atoms with Crippen LogP contribution < -0.4 is 10.1 Å². The van der Waals surface area contributed by atoms with E-state index in [9.17, 15) is 9.90 Å². The van der Waals surface area contributed by atoms with E-state index in [-0.39, 0.29) is 24.1 Å². The van der Waals surface area contributed by atoms with Crippen LogP contribution in [0.2, 0.25) is 0 Å². The van der Waals surface area contributed by atoms with Crippen molar-refractivity contribution in [3.05, 3.63) is 23.8 Å². The first-order chi connectivity index (χ1) is 10.2. The summed E-state index contributed by atoms with van der Waals surface area (Å²) >= 11 is 0. The first-order valence-corrected chi connectivity index (χ1v) is 7.55. The van der Waals surface area contributed by atoms with Gasteiger partial charge in [-0.3, -0.25) is 4.79 Å². The summed E-state index contributed by atoms with van der Waals surface area (Å²) in [5.74, 6) is 0.907. The van der Waals surface area contributed by atoms with Crippen molar-refractivity contribution in [3.8, 4) is 11.5 Å². The van der Waals surface area contributed by atoms with E-state index >= 15 is 0 Å². The van der Waals surface area contributed by atoms with Crippen LogP contribution in [0.1, 0.15) is 31.2 Å². The summed E-state index contributed by atoms with van der Waals surface area (Å²) in [4.78, 5) is 13.8. The number of ether oxygens (including phenoxy) is 1. The van der Waals surface area contributed by atoms with Crippen LogP contribution in [0.25, 0.3) is 0 Å². The first-order valence-electron chi connectivity index (χ1n) is 7.55. The van der Waals surface area contributed by atoms with Crippen molar-refractivity contribution in [2.24, 2.45) is 0 Å². The Balaban J connectivity index is 0.00000242. The van der Waals surface area contributed by atoms with Crippen molar-refractivity contribution in [1.82, 2.24) is 10.2 Å². The highest BCUT2D eigenvalue weighted by Gasteiger charge is 2.15. The third kappa shape index (κ3) is 5.39. The van der Waals surface area contributed by atoms with E-state index in [2.05, 4.69) is 5.32 Å². The number of nitrogens with one attached hydrogen (secondary N) is 1. The summed E-state index contributed by atoms with van der Waals surface area (Å²) < 4.78 is 5.01. The highest BCUT2D eigenvalue weighted by molar-refractivity contribution is 5.85. The molecule has 1 aromatic carbocycles. The predicted molar refractivity (Wildman–Crippen MR) is 88.7 cm³/mol. The summed E-state index contributed by atoms with van der Waals surface area (Å²) in [5, 5.41) is 13.0. The maximum absolute atomic E-state index is 11.8. The van der Waals surface area contributed by atoms with Crippen LogP contribution in [0.5, 0.6) is 11.5 Å². The number of hydrogen-bond acceptors (Lipinski definition) is 4. The van der Waals surface area contributed by atoms with Crippen LogP contribution in [0.4, 0.5) is 0 Å². The number of benzene rings is 1. The van der Waals surface area contributed by atoms with Gasteiger partial charge in [-0.15, -0.1) is 12.4 Å². The molecule has 0 aromatic heterocycles. The fraction of sp³-hybridized carbons (Fsp3) is 0.562. The fourth-order valence-electron chi connectivity index (χ4n) is 2.57. The van der Waals surface area contributed by atoms with E-state index in [1.54, 1.807) is 12.1 Å². The summed E-state index contributed by atoms with van der Waals surface area (Å²) in [6.07, 6.45) is 3.97. The predicted octanol–water partition coefficient (Wildman–Crippen LogP) is 2.31. The van der Waals surface area contributed by atoms with Crippen molar-refractivity contribution in [1.29, 1.82) is 0 Å². The van der Waals surface area contributed by atoms with Crippen molar-refractivity contribution < 1.29 is 14.6 Å². The van der Waals surface area contributed by atoms with Crippen LogP contribution >= 0.6 is 12.4 Å². The minimum Gasteiger partial charge on any atom is -0.504 e. The second-order valence-corrected chi connectivity index (χ2v) is 5.37. The number of phenols is 1. The van der Waals surface area contributed by atoms with Gasteiger partial charge in [0.15, 0.2) is 11.5 Å². The molecule has 0 bridgehead atoms. The number of halogens is 1. The van der Waals surface area contributed by atoms with Crippen molar-refractivity contribution in [3.63, 3.8) is 0 Å². The number of carbonyl (C=O) groups is 1. The average Bonchev–Trinajstić information content (AvgIpc) is 2.68. The van der Waals surface area contributed by atoms with Crippen molar-refractivity contribution in [2.75, 3.05) is 26.7 Å². The Morgan fingerprint density at radius 1 is 1.32 bits per heavy atom. The Morgan fingerprint density at radius 2 is 2.14 bits per heavy atom. The van der Waals surface area contributed by atoms with E-state index in [1.807, 2.05) is 11.0 Å².